The van der Waals surface area contributed by atoms with Gasteiger partial charge in [0.05, 0.1) is 0 Å². The van der Waals surface area contributed by atoms with E-state index in [1.54, 1.807) is 0 Å². The van der Waals surface area contributed by atoms with Crippen LogP contribution < -0.4 is 0 Å². The van der Waals surface area contributed by atoms with Crippen LogP contribution in [0.2, 0.25) is 5.15 Å². The predicted octanol–water partition coefficient (Wildman–Crippen LogP) is 5.55. The summed E-state index contributed by atoms with van der Waals surface area (Å²) in [5, 5.41) is 2.91. The van der Waals surface area contributed by atoms with Crippen LogP contribution in [0.1, 0.15) is 0 Å². The van der Waals surface area contributed by atoms with E-state index in [4.69, 9.17) is 16.6 Å². The molecule has 0 radical (unpaired) electrons. The lowest BCUT2D eigenvalue weighted by Crippen LogP contribution is -1.83. The molecule has 4 rings (SSSR count). The fourth-order valence-electron chi connectivity index (χ4n) is 2.70. The normalized spacial score (nSPS) is 11.0. The number of nitrogens with one attached hydrogen (secondary N) is 1. The number of rotatable bonds is 2. The van der Waals surface area contributed by atoms with Crippen molar-refractivity contribution in [2.45, 2.75) is 0 Å². The van der Waals surface area contributed by atoms with Gasteiger partial charge in [-0.05, 0) is 10.8 Å². The zero-order valence-corrected chi connectivity index (χ0v) is 12.5. The molecule has 3 aromatic carbocycles. The number of halogens is 1. The number of benzene rings is 3. The summed E-state index contributed by atoms with van der Waals surface area (Å²) in [6, 6.07) is 24.4. The Labute approximate surface area is 133 Å². The fourth-order valence-corrected chi connectivity index (χ4v) is 2.94. The maximum absolute atomic E-state index is 6.36. The summed E-state index contributed by atoms with van der Waals surface area (Å²) in [4.78, 5) is 7.92. The summed E-state index contributed by atoms with van der Waals surface area (Å²) < 4.78 is 0. The Bertz CT molecular complexity index is 937. The minimum atomic E-state index is 0.564. The lowest BCUT2D eigenvalue weighted by atomic mass is 10.0. The monoisotopic (exact) mass is 304 g/mol. The van der Waals surface area contributed by atoms with Crippen molar-refractivity contribution in [3.05, 3.63) is 77.9 Å². The van der Waals surface area contributed by atoms with Gasteiger partial charge in [0.2, 0.25) is 0 Å². The number of hydrogen-bond donors (Lipinski definition) is 1. The van der Waals surface area contributed by atoms with Crippen molar-refractivity contribution in [3.8, 4) is 22.6 Å². The summed E-state index contributed by atoms with van der Waals surface area (Å²) in [7, 11) is 0. The average Bonchev–Trinajstić information content (AvgIpc) is 2.97. The number of aromatic nitrogens is 2. The molecule has 0 fully saturated rings. The first-order chi connectivity index (χ1) is 10.8. The molecule has 0 spiro atoms. The highest BCUT2D eigenvalue weighted by Gasteiger charge is 2.13. The Hall–Kier alpha value is -2.58. The third kappa shape index (κ3) is 2.18. The zero-order valence-electron chi connectivity index (χ0n) is 11.8. The molecule has 3 heteroatoms. The van der Waals surface area contributed by atoms with Crippen molar-refractivity contribution >= 4 is 22.4 Å². The molecule has 0 unspecified atom stereocenters. The van der Waals surface area contributed by atoms with Crippen LogP contribution in [-0.2, 0) is 0 Å². The van der Waals surface area contributed by atoms with Crippen LogP contribution in [0.3, 0.4) is 0 Å². The van der Waals surface area contributed by atoms with Gasteiger partial charge in [0.1, 0.15) is 16.7 Å². The molecule has 0 saturated heterocycles. The molecular weight excluding hydrogens is 292 g/mol. The first kappa shape index (κ1) is 13.1. The molecule has 4 aromatic rings. The molecule has 22 heavy (non-hydrogen) atoms. The third-order valence-electron chi connectivity index (χ3n) is 3.75. The molecule has 0 saturated carbocycles. The van der Waals surface area contributed by atoms with Crippen molar-refractivity contribution < 1.29 is 0 Å². The van der Waals surface area contributed by atoms with Gasteiger partial charge in [-0.1, -0.05) is 84.4 Å². The predicted molar refractivity (Wildman–Crippen MR) is 92.0 cm³/mol. The van der Waals surface area contributed by atoms with Gasteiger partial charge in [-0.15, -0.1) is 0 Å². The zero-order chi connectivity index (χ0) is 14.9. The van der Waals surface area contributed by atoms with Crippen molar-refractivity contribution in [1.29, 1.82) is 0 Å². The quantitative estimate of drug-likeness (QED) is 0.516. The Kier molecular flexibility index (Phi) is 3.17. The molecule has 2 nitrogen and oxygen atoms in total. The van der Waals surface area contributed by atoms with Gasteiger partial charge in [0.25, 0.3) is 0 Å². The fraction of sp³-hybridized carbons (Fsp3) is 0. The highest BCUT2D eigenvalue weighted by Crippen LogP contribution is 2.32. The maximum Gasteiger partial charge on any atom is 0.139 e. The van der Waals surface area contributed by atoms with Crippen molar-refractivity contribution in [1.82, 2.24) is 9.97 Å². The van der Waals surface area contributed by atoms with E-state index in [0.29, 0.717) is 5.15 Å². The Balaban J connectivity index is 1.90. The van der Waals surface area contributed by atoms with Gasteiger partial charge in [-0.25, -0.2) is 4.98 Å². The van der Waals surface area contributed by atoms with Crippen LogP contribution in [-0.4, -0.2) is 9.97 Å². The lowest BCUT2D eigenvalue weighted by Gasteiger charge is -2.03. The van der Waals surface area contributed by atoms with E-state index in [0.717, 1.165) is 28.0 Å². The average molecular weight is 305 g/mol. The second-order valence-corrected chi connectivity index (χ2v) is 5.52. The summed E-state index contributed by atoms with van der Waals surface area (Å²) in [5.41, 5.74) is 2.85. The molecule has 0 aliphatic heterocycles. The van der Waals surface area contributed by atoms with Crippen molar-refractivity contribution in [2.75, 3.05) is 0 Å². The van der Waals surface area contributed by atoms with Gasteiger partial charge in [0, 0.05) is 11.1 Å². The maximum atomic E-state index is 6.36. The van der Waals surface area contributed by atoms with Crippen LogP contribution in [0.4, 0.5) is 0 Å². The number of nitrogens with zero attached hydrogens (tertiary/aromatic N) is 1. The first-order valence-electron chi connectivity index (χ1n) is 7.12. The Morgan fingerprint density at radius 3 is 2.36 bits per heavy atom. The highest BCUT2D eigenvalue weighted by molar-refractivity contribution is 6.32. The molecule has 0 atom stereocenters. The SMILES string of the molecule is Clc1[nH]c(-c2cccc3ccccc23)nc1-c1ccccc1. The third-order valence-corrected chi connectivity index (χ3v) is 4.03. The Morgan fingerprint density at radius 1 is 0.773 bits per heavy atom. The number of H-pyrrole nitrogens is 1. The summed E-state index contributed by atoms with van der Waals surface area (Å²) in [6.07, 6.45) is 0. The number of fused-ring (bicyclic) bond motifs is 1. The van der Waals surface area contributed by atoms with E-state index in [2.05, 4.69) is 29.2 Å². The van der Waals surface area contributed by atoms with Gasteiger partial charge < -0.3 is 4.98 Å². The van der Waals surface area contributed by atoms with E-state index in [1.807, 2.05) is 48.5 Å². The summed E-state index contributed by atoms with van der Waals surface area (Å²) in [5.74, 6) is 0.792. The standard InChI is InChI=1S/C19H13ClN2/c20-18-17(14-8-2-1-3-9-14)21-19(22-18)16-12-6-10-13-7-4-5-11-15(13)16/h1-12H,(H,21,22). The smallest absolute Gasteiger partial charge is 0.139 e. The molecule has 1 aromatic heterocycles. The first-order valence-corrected chi connectivity index (χ1v) is 7.50. The van der Waals surface area contributed by atoms with E-state index < -0.39 is 0 Å². The van der Waals surface area contributed by atoms with Crippen LogP contribution in [0.5, 0.6) is 0 Å². The van der Waals surface area contributed by atoms with Crippen LogP contribution in [0.15, 0.2) is 72.8 Å². The number of aromatic amines is 1. The molecule has 106 valence electrons. The van der Waals surface area contributed by atoms with Crippen LogP contribution in [0, 0.1) is 0 Å². The van der Waals surface area contributed by atoms with Crippen molar-refractivity contribution in [2.24, 2.45) is 0 Å². The molecule has 0 aliphatic carbocycles. The molecule has 1 heterocycles. The second kappa shape index (κ2) is 5.32. The summed E-state index contributed by atoms with van der Waals surface area (Å²) in [6.45, 7) is 0. The largest absolute Gasteiger partial charge is 0.328 e. The van der Waals surface area contributed by atoms with E-state index >= 15 is 0 Å². The van der Waals surface area contributed by atoms with Gasteiger partial charge in [-0.3, -0.25) is 0 Å². The molecular formula is C19H13ClN2. The molecule has 0 amide bonds. The molecule has 0 bridgehead atoms. The molecule has 1 N–H and O–H groups in total. The van der Waals surface area contributed by atoms with Crippen LogP contribution in [0.25, 0.3) is 33.4 Å². The molecule has 0 aliphatic rings. The lowest BCUT2D eigenvalue weighted by molar-refractivity contribution is 1.32. The van der Waals surface area contributed by atoms with E-state index in [9.17, 15) is 0 Å². The minimum absolute atomic E-state index is 0.564. The number of imidazole rings is 1. The Morgan fingerprint density at radius 2 is 1.50 bits per heavy atom. The minimum Gasteiger partial charge on any atom is -0.328 e. The topological polar surface area (TPSA) is 28.7 Å². The van der Waals surface area contributed by atoms with E-state index in [1.165, 1.54) is 5.39 Å². The van der Waals surface area contributed by atoms with E-state index in [-0.39, 0.29) is 0 Å². The van der Waals surface area contributed by atoms with Crippen molar-refractivity contribution in [3.63, 3.8) is 0 Å². The second-order valence-electron chi connectivity index (χ2n) is 5.14. The summed E-state index contributed by atoms with van der Waals surface area (Å²) >= 11 is 6.36. The van der Waals surface area contributed by atoms with Crippen LogP contribution >= 0.6 is 11.6 Å². The van der Waals surface area contributed by atoms with Gasteiger partial charge in [0.15, 0.2) is 0 Å². The number of hydrogen-bond acceptors (Lipinski definition) is 1. The van der Waals surface area contributed by atoms with Gasteiger partial charge in [-0.2, -0.15) is 0 Å². The highest BCUT2D eigenvalue weighted by atomic mass is 35.5. The van der Waals surface area contributed by atoms with Gasteiger partial charge >= 0.3 is 0 Å².